The zero-order valence-corrected chi connectivity index (χ0v) is 21.0. The zero-order valence-electron chi connectivity index (χ0n) is 21.0. The number of hydrogen-bond donors (Lipinski definition) is 6. The molecule has 0 spiro atoms. The first-order chi connectivity index (χ1) is 18.8. The molecule has 7 N–H and O–H groups in total. The number of aromatic nitrogens is 4. The number of hydrogen-bond acceptors (Lipinski definition) is 11. The molecule has 2 aromatic heterocycles. The van der Waals surface area contributed by atoms with Gasteiger partial charge in [0.1, 0.15) is 30.2 Å². The average Bonchev–Trinajstić information content (AvgIpc) is 3.49. The molecule has 1 aliphatic heterocycles. The summed E-state index contributed by atoms with van der Waals surface area (Å²) in [4.78, 5) is 37.8. The van der Waals surface area contributed by atoms with E-state index in [4.69, 9.17) is 10.5 Å². The third kappa shape index (κ3) is 5.15. The van der Waals surface area contributed by atoms with Gasteiger partial charge in [-0.25, -0.2) is 15.0 Å². The minimum absolute atomic E-state index is 0.0229. The number of carbonyl (C=O) groups excluding carboxylic acids is 2. The normalized spacial score (nSPS) is 23.9. The van der Waals surface area contributed by atoms with Crippen LogP contribution in [0.1, 0.15) is 59.0 Å². The molecule has 1 aromatic carbocycles. The van der Waals surface area contributed by atoms with Crippen LogP contribution in [0.25, 0.3) is 11.2 Å². The van der Waals surface area contributed by atoms with Gasteiger partial charge in [-0.05, 0) is 25.0 Å². The molecule has 4 unspecified atom stereocenters. The van der Waals surface area contributed by atoms with Gasteiger partial charge in [0, 0.05) is 18.0 Å². The second-order valence-electron chi connectivity index (χ2n) is 9.78. The molecule has 1 saturated heterocycles. The SMILES string of the molecule is Nc1ncnc2c1ncn2C1OC(/C=C/CNC(=O)c2cc(C(=O)C3CCCCC3)cc(O)c2O)C(O)C1O. The van der Waals surface area contributed by atoms with Gasteiger partial charge in [0.2, 0.25) is 0 Å². The molecule has 2 fully saturated rings. The molecule has 0 bridgehead atoms. The van der Waals surface area contributed by atoms with Crippen LogP contribution in [-0.4, -0.2) is 76.5 Å². The van der Waals surface area contributed by atoms with E-state index in [2.05, 4.69) is 20.3 Å². The van der Waals surface area contributed by atoms with Crippen molar-refractivity contribution >= 4 is 28.7 Å². The molecule has 2 aliphatic rings. The van der Waals surface area contributed by atoms with Crippen molar-refractivity contribution in [1.82, 2.24) is 24.8 Å². The Hall–Kier alpha value is -4.07. The molecule has 13 heteroatoms. The van der Waals surface area contributed by atoms with Crippen molar-refractivity contribution in [2.75, 3.05) is 12.3 Å². The quantitative estimate of drug-likeness (QED) is 0.143. The van der Waals surface area contributed by atoms with Gasteiger partial charge in [0.05, 0.1) is 11.9 Å². The molecular formula is C26H30N6O7. The number of amides is 1. The minimum atomic E-state index is -1.30. The number of nitrogens with one attached hydrogen (secondary N) is 1. The number of imidazole rings is 1. The first kappa shape index (κ1) is 26.5. The molecule has 3 heterocycles. The van der Waals surface area contributed by atoms with Crippen molar-refractivity contribution in [3.05, 3.63) is 48.1 Å². The van der Waals surface area contributed by atoms with Gasteiger partial charge < -0.3 is 36.2 Å². The standard InChI is InChI=1S/C26H30N6O7/c27-23-18-24(30-11-29-23)32(12-31-18)26-22(37)21(36)17(39-26)7-4-8-28-25(38)15-9-14(10-16(33)20(15)35)19(34)13-5-2-1-3-6-13/h4,7,9-13,17,21-22,26,33,35-37H,1-3,5-6,8H2,(H,28,38)(H2,27,29,30)/b7-4+. The summed E-state index contributed by atoms with van der Waals surface area (Å²) in [5, 5.41) is 44.0. The smallest absolute Gasteiger partial charge is 0.255 e. The number of fused-ring (bicyclic) bond motifs is 1. The van der Waals surface area contributed by atoms with Crippen LogP contribution >= 0.6 is 0 Å². The van der Waals surface area contributed by atoms with E-state index in [1.165, 1.54) is 41.5 Å². The summed E-state index contributed by atoms with van der Waals surface area (Å²) >= 11 is 0. The fourth-order valence-corrected chi connectivity index (χ4v) is 5.11. The lowest BCUT2D eigenvalue weighted by Crippen LogP contribution is -2.31. The number of nitrogens with zero attached hydrogens (tertiary/aromatic N) is 4. The van der Waals surface area contributed by atoms with Crippen molar-refractivity contribution in [1.29, 1.82) is 0 Å². The van der Waals surface area contributed by atoms with Crippen LogP contribution in [0.15, 0.2) is 36.9 Å². The van der Waals surface area contributed by atoms with E-state index in [0.717, 1.165) is 32.1 Å². The first-order valence-corrected chi connectivity index (χ1v) is 12.8. The Morgan fingerprint density at radius 2 is 1.87 bits per heavy atom. The molecular weight excluding hydrogens is 508 g/mol. The van der Waals surface area contributed by atoms with Crippen molar-refractivity contribution < 1.29 is 34.8 Å². The molecule has 206 valence electrons. The van der Waals surface area contributed by atoms with Crippen molar-refractivity contribution in [3.8, 4) is 11.5 Å². The zero-order chi connectivity index (χ0) is 27.7. The first-order valence-electron chi connectivity index (χ1n) is 12.8. The fourth-order valence-electron chi connectivity index (χ4n) is 5.11. The van der Waals surface area contributed by atoms with Gasteiger partial charge in [-0.2, -0.15) is 0 Å². The van der Waals surface area contributed by atoms with Crippen molar-refractivity contribution in [3.63, 3.8) is 0 Å². The number of anilines is 1. The van der Waals surface area contributed by atoms with Crippen LogP contribution in [0.3, 0.4) is 0 Å². The maximum atomic E-state index is 12.9. The van der Waals surface area contributed by atoms with Crippen molar-refractivity contribution in [2.24, 2.45) is 5.92 Å². The number of Topliss-reactive ketones (excluding diaryl/α,β-unsaturated/α-hetero) is 1. The second kappa shape index (κ2) is 11.0. The minimum Gasteiger partial charge on any atom is -0.504 e. The van der Waals surface area contributed by atoms with Crippen LogP contribution in [0, 0.1) is 5.92 Å². The van der Waals surface area contributed by atoms with Gasteiger partial charge in [-0.3, -0.25) is 14.2 Å². The second-order valence-corrected chi connectivity index (χ2v) is 9.78. The summed E-state index contributed by atoms with van der Waals surface area (Å²) in [6.07, 6.45) is 5.68. The van der Waals surface area contributed by atoms with Crippen LogP contribution in [-0.2, 0) is 4.74 Å². The lowest BCUT2D eigenvalue weighted by Gasteiger charge is -2.20. The van der Waals surface area contributed by atoms with E-state index in [-0.39, 0.29) is 35.2 Å². The molecule has 1 aliphatic carbocycles. The third-order valence-corrected chi connectivity index (χ3v) is 7.24. The highest BCUT2D eigenvalue weighted by Crippen LogP contribution is 2.34. The number of rotatable bonds is 7. The lowest BCUT2D eigenvalue weighted by molar-refractivity contribution is -0.0245. The summed E-state index contributed by atoms with van der Waals surface area (Å²) < 4.78 is 7.27. The Balaban J connectivity index is 1.23. The largest absolute Gasteiger partial charge is 0.504 e. The number of phenols is 2. The highest BCUT2D eigenvalue weighted by atomic mass is 16.6. The maximum Gasteiger partial charge on any atom is 0.255 e. The van der Waals surface area contributed by atoms with Gasteiger partial charge in [-0.1, -0.05) is 31.4 Å². The number of ether oxygens (including phenoxy) is 1. The van der Waals surface area contributed by atoms with E-state index in [1.54, 1.807) is 0 Å². The average molecular weight is 539 g/mol. The van der Waals surface area contributed by atoms with Crippen molar-refractivity contribution in [2.45, 2.75) is 56.6 Å². The summed E-state index contributed by atoms with van der Waals surface area (Å²) in [7, 11) is 0. The Morgan fingerprint density at radius 1 is 1.10 bits per heavy atom. The molecule has 5 rings (SSSR count). The predicted molar refractivity (Wildman–Crippen MR) is 138 cm³/mol. The summed E-state index contributed by atoms with van der Waals surface area (Å²) in [6, 6.07) is 2.48. The number of aliphatic hydroxyl groups is 2. The third-order valence-electron chi connectivity index (χ3n) is 7.24. The van der Waals surface area contributed by atoms with Crippen LogP contribution < -0.4 is 11.1 Å². The number of phenolic OH excluding ortho intramolecular Hbond substituents is 2. The molecule has 1 amide bonds. The van der Waals surface area contributed by atoms with Gasteiger partial charge in [-0.15, -0.1) is 0 Å². The number of aliphatic hydroxyl groups excluding tert-OH is 2. The Kier molecular flexibility index (Phi) is 7.46. The van der Waals surface area contributed by atoms with E-state index in [9.17, 15) is 30.0 Å². The number of benzene rings is 1. The van der Waals surface area contributed by atoms with Crippen LogP contribution in [0.5, 0.6) is 11.5 Å². The summed E-state index contributed by atoms with van der Waals surface area (Å²) in [5.74, 6) is -2.00. The predicted octanol–water partition coefficient (Wildman–Crippen LogP) is 1.19. The number of nitrogens with two attached hydrogens (primary N) is 1. The lowest BCUT2D eigenvalue weighted by atomic mass is 9.83. The fraction of sp³-hybridized carbons (Fsp3) is 0.423. The molecule has 13 nitrogen and oxygen atoms in total. The van der Waals surface area contributed by atoms with E-state index < -0.39 is 41.9 Å². The van der Waals surface area contributed by atoms with Gasteiger partial charge in [0.25, 0.3) is 5.91 Å². The summed E-state index contributed by atoms with van der Waals surface area (Å²) in [6.45, 7) is -0.0229. The maximum absolute atomic E-state index is 12.9. The monoisotopic (exact) mass is 538 g/mol. The van der Waals surface area contributed by atoms with E-state index in [1.807, 2.05) is 0 Å². The highest BCUT2D eigenvalue weighted by Gasteiger charge is 2.43. The molecule has 39 heavy (non-hydrogen) atoms. The highest BCUT2D eigenvalue weighted by molar-refractivity contribution is 6.04. The topological polar surface area (TPSA) is 206 Å². The van der Waals surface area contributed by atoms with Crippen LogP contribution in [0.2, 0.25) is 0 Å². The number of aromatic hydroxyl groups is 2. The van der Waals surface area contributed by atoms with E-state index in [0.29, 0.717) is 11.2 Å². The number of nitrogen functional groups attached to an aromatic ring is 1. The number of ketones is 1. The Labute approximate surface area is 223 Å². The van der Waals surface area contributed by atoms with Gasteiger partial charge >= 0.3 is 0 Å². The van der Waals surface area contributed by atoms with E-state index >= 15 is 0 Å². The molecule has 0 radical (unpaired) electrons. The van der Waals surface area contributed by atoms with Crippen LogP contribution in [0.4, 0.5) is 5.82 Å². The Bertz CT molecular complexity index is 1420. The van der Waals surface area contributed by atoms with Gasteiger partial charge in [0.15, 0.2) is 35.0 Å². The Morgan fingerprint density at radius 3 is 2.64 bits per heavy atom. The molecule has 4 atom stereocenters. The number of carbonyl (C=O) groups is 2. The molecule has 3 aromatic rings. The summed E-state index contributed by atoms with van der Waals surface area (Å²) in [5.41, 5.74) is 6.44. The molecule has 1 saturated carbocycles.